The summed E-state index contributed by atoms with van der Waals surface area (Å²) in [6.07, 6.45) is 0.245. The first kappa shape index (κ1) is 14.6. The van der Waals surface area contributed by atoms with Crippen LogP contribution in [0.25, 0.3) is 0 Å². The molecule has 0 rings (SSSR count). The van der Waals surface area contributed by atoms with Gasteiger partial charge in [0.05, 0.1) is 13.2 Å². The summed E-state index contributed by atoms with van der Waals surface area (Å²) in [6, 6.07) is 1.60. The van der Waals surface area contributed by atoms with E-state index < -0.39 is 12.3 Å². The largest absolute Gasteiger partial charge is 0.432 e. The van der Waals surface area contributed by atoms with Crippen LogP contribution in [0.3, 0.4) is 0 Å². The number of nitriles is 1. The number of rotatable bonds is 8. The van der Waals surface area contributed by atoms with E-state index in [1.165, 1.54) is 0 Å². The van der Waals surface area contributed by atoms with Crippen molar-refractivity contribution < 1.29 is 19.0 Å². The highest BCUT2D eigenvalue weighted by Gasteiger charge is 2.12. The predicted octanol–water partition coefficient (Wildman–Crippen LogP) is 1.40. The third kappa shape index (κ3) is 6.98. The van der Waals surface area contributed by atoms with Gasteiger partial charge >= 0.3 is 5.97 Å². The maximum atomic E-state index is 11.1. The molecule has 90 valence electrons. The van der Waals surface area contributed by atoms with E-state index in [2.05, 4.69) is 6.58 Å². The number of nitrogens with zero attached hydrogens (tertiary/aromatic N) is 1. The lowest BCUT2D eigenvalue weighted by Crippen LogP contribution is -2.20. The topological polar surface area (TPSA) is 68.6 Å². The van der Waals surface area contributed by atoms with E-state index >= 15 is 0 Å². The van der Waals surface area contributed by atoms with Crippen LogP contribution in [0.15, 0.2) is 12.2 Å². The molecule has 1 atom stereocenters. The molecule has 5 nitrogen and oxygen atoms in total. The zero-order valence-electron chi connectivity index (χ0n) is 9.69. The van der Waals surface area contributed by atoms with Gasteiger partial charge in [0.2, 0.25) is 6.29 Å². The first-order chi connectivity index (χ1) is 7.61. The summed E-state index contributed by atoms with van der Waals surface area (Å²) in [6.45, 7) is 8.29. The minimum Gasteiger partial charge on any atom is -0.432 e. The van der Waals surface area contributed by atoms with Gasteiger partial charge < -0.3 is 14.2 Å². The second-order valence-electron chi connectivity index (χ2n) is 3.05. The van der Waals surface area contributed by atoms with Gasteiger partial charge in [-0.25, -0.2) is 4.79 Å². The Hall–Kier alpha value is -1.38. The van der Waals surface area contributed by atoms with Crippen molar-refractivity contribution in [1.82, 2.24) is 0 Å². The number of carbonyl (C=O) groups is 1. The summed E-state index contributed by atoms with van der Waals surface area (Å²) in [5, 5.41) is 8.38. The molecule has 1 unspecified atom stereocenters. The molecule has 0 aliphatic rings. The van der Waals surface area contributed by atoms with Crippen molar-refractivity contribution in [2.75, 3.05) is 19.8 Å². The Morgan fingerprint density at radius 1 is 1.44 bits per heavy atom. The highest BCUT2D eigenvalue weighted by atomic mass is 16.7. The quantitative estimate of drug-likeness (QED) is 0.206. The van der Waals surface area contributed by atoms with Crippen molar-refractivity contribution in [2.24, 2.45) is 0 Å². The molecule has 0 fully saturated rings. The number of hydrogen-bond acceptors (Lipinski definition) is 5. The molecule has 0 saturated heterocycles. The van der Waals surface area contributed by atoms with E-state index in [4.69, 9.17) is 19.5 Å². The molecule has 0 amide bonds. The summed E-state index contributed by atoms with van der Waals surface area (Å²) in [5.41, 5.74) is -0.238. The van der Waals surface area contributed by atoms with Gasteiger partial charge in [0.15, 0.2) is 0 Å². The third-order valence-electron chi connectivity index (χ3n) is 1.58. The van der Waals surface area contributed by atoms with Crippen LogP contribution in [-0.4, -0.2) is 32.1 Å². The van der Waals surface area contributed by atoms with Crippen LogP contribution in [0.2, 0.25) is 0 Å². The molecule has 0 N–H and O–H groups in total. The Kier molecular flexibility index (Phi) is 8.12. The minimum atomic E-state index is -0.760. The molecule has 0 saturated carbocycles. The maximum Gasteiger partial charge on any atom is 0.350 e. The van der Waals surface area contributed by atoms with E-state index in [0.29, 0.717) is 19.8 Å². The lowest BCUT2D eigenvalue weighted by Gasteiger charge is -2.13. The van der Waals surface area contributed by atoms with Gasteiger partial charge in [-0.3, -0.25) is 0 Å². The van der Waals surface area contributed by atoms with Crippen molar-refractivity contribution in [3.63, 3.8) is 0 Å². The molecule has 0 aliphatic carbocycles. The zero-order chi connectivity index (χ0) is 12.4. The molecule has 0 aromatic rings. The summed E-state index contributed by atoms with van der Waals surface area (Å²) < 4.78 is 15.1. The summed E-state index contributed by atoms with van der Waals surface area (Å²) >= 11 is 0. The Balaban J connectivity index is 3.59. The number of esters is 1. The second kappa shape index (κ2) is 8.89. The van der Waals surface area contributed by atoms with E-state index in [1.807, 2.05) is 6.92 Å². The molecule has 0 radical (unpaired) electrons. The lowest BCUT2D eigenvalue weighted by molar-refractivity contribution is -0.171. The molecule has 0 aromatic heterocycles. The average molecular weight is 227 g/mol. The Morgan fingerprint density at radius 3 is 2.69 bits per heavy atom. The molecule has 0 bridgehead atoms. The fraction of sp³-hybridized carbons (Fsp3) is 0.636. The molecule has 0 aromatic carbocycles. The SMILES string of the molecule is C=C(C#N)C(=O)OC(C)OCCOCCC. The average Bonchev–Trinajstić information content (AvgIpc) is 2.27. The van der Waals surface area contributed by atoms with Crippen LogP contribution in [-0.2, 0) is 19.0 Å². The molecule has 5 heteroatoms. The minimum absolute atomic E-state index is 0.238. The summed E-state index contributed by atoms with van der Waals surface area (Å²) in [5.74, 6) is -0.760. The van der Waals surface area contributed by atoms with Crippen LogP contribution in [0.5, 0.6) is 0 Å². The van der Waals surface area contributed by atoms with Crippen molar-refractivity contribution in [3.8, 4) is 6.07 Å². The highest BCUT2D eigenvalue weighted by molar-refractivity contribution is 5.91. The smallest absolute Gasteiger partial charge is 0.350 e. The summed E-state index contributed by atoms with van der Waals surface area (Å²) in [4.78, 5) is 11.1. The molecule has 16 heavy (non-hydrogen) atoms. The fourth-order valence-electron chi connectivity index (χ4n) is 0.821. The van der Waals surface area contributed by atoms with Crippen molar-refractivity contribution in [2.45, 2.75) is 26.6 Å². The number of hydrogen-bond donors (Lipinski definition) is 0. The molecule has 0 heterocycles. The van der Waals surface area contributed by atoms with Gasteiger partial charge in [0, 0.05) is 6.61 Å². The zero-order valence-corrected chi connectivity index (χ0v) is 9.69. The van der Waals surface area contributed by atoms with Crippen LogP contribution < -0.4 is 0 Å². The van der Waals surface area contributed by atoms with Crippen LogP contribution in [0.4, 0.5) is 0 Å². The van der Waals surface area contributed by atoms with Gasteiger partial charge in [0.25, 0.3) is 0 Å². The normalized spacial score (nSPS) is 11.6. The van der Waals surface area contributed by atoms with Crippen LogP contribution in [0, 0.1) is 11.3 Å². The van der Waals surface area contributed by atoms with Gasteiger partial charge in [-0.1, -0.05) is 13.5 Å². The summed E-state index contributed by atoms with van der Waals surface area (Å²) in [7, 11) is 0. The van der Waals surface area contributed by atoms with Crippen LogP contribution >= 0.6 is 0 Å². The molecule has 0 spiro atoms. The van der Waals surface area contributed by atoms with Crippen molar-refractivity contribution in [1.29, 1.82) is 5.26 Å². The predicted molar refractivity (Wildman–Crippen MR) is 57.4 cm³/mol. The molecule has 0 aliphatic heterocycles. The Bertz CT molecular complexity index is 270. The van der Waals surface area contributed by atoms with Gasteiger partial charge in [-0.05, 0) is 13.3 Å². The van der Waals surface area contributed by atoms with Gasteiger partial charge in [-0.15, -0.1) is 0 Å². The van der Waals surface area contributed by atoms with E-state index in [9.17, 15) is 4.79 Å². The number of carbonyl (C=O) groups excluding carboxylic acids is 1. The van der Waals surface area contributed by atoms with Crippen LogP contribution in [0.1, 0.15) is 20.3 Å². The molecular formula is C11H17NO4. The van der Waals surface area contributed by atoms with E-state index in [0.717, 1.165) is 6.42 Å². The first-order valence-corrected chi connectivity index (χ1v) is 5.11. The Morgan fingerprint density at radius 2 is 2.12 bits per heavy atom. The van der Waals surface area contributed by atoms with Gasteiger partial charge in [-0.2, -0.15) is 5.26 Å². The first-order valence-electron chi connectivity index (χ1n) is 5.11. The fourth-order valence-corrected chi connectivity index (χ4v) is 0.821. The standard InChI is InChI=1S/C11H17NO4/c1-4-5-14-6-7-15-10(3)16-11(13)9(2)8-12/h10H,2,4-7H2,1,3H3. The Labute approximate surface area is 95.6 Å². The maximum absolute atomic E-state index is 11.1. The second-order valence-corrected chi connectivity index (χ2v) is 3.05. The van der Waals surface area contributed by atoms with E-state index in [1.54, 1.807) is 13.0 Å². The third-order valence-corrected chi connectivity index (χ3v) is 1.58. The van der Waals surface area contributed by atoms with Crippen molar-refractivity contribution in [3.05, 3.63) is 12.2 Å². The monoisotopic (exact) mass is 227 g/mol. The number of ether oxygens (including phenoxy) is 3. The van der Waals surface area contributed by atoms with Gasteiger partial charge in [0.1, 0.15) is 11.6 Å². The lowest BCUT2D eigenvalue weighted by atomic mass is 10.3. The molecular weight excluding hydrogens is 210 g/mol. The van der Waals surface area contributed by atoms with E-state index in [-0.39, 0.29) is 5.57 Å². The highest BCUT2D eigenvalue weighted by Crippen LogP contribution is 1.99. The van der Waals surface area contributed by atoms with Crippen molar-refractivity contribution >= 4 is 5.97 Å².